The Morgan fingerprint density at radius 2 is 0.962 bits per heavy atom. The fourth-order valence-corrected chi connectivity index (χ4v) is 7.97. The molecule has 7 aromatic carbocycles. The third-order valence-electron chi connectivity index (χ3n) is 10.3. The summed E-state index contributed by atoms with van der Waals surface area (Å²) < 4.78 is 4.36. The summed E-state index contributed by atoms with van der Waals surface area (Å²) >= 11 is 0. The van der Waals surface area contributed by atoms with E-state index in [4.69, 9.17) is 15.0 Å². The maximum Gasteiger partial charge on any atom is 0.256 e. The third-order valence-corrected chi connectivity index (χ3v) is 10.3. The van der Waals surface area contributed by atoms with Crippen LogP contribution < -0.4 is 5.56 Å². The number of aromatic nitrogens is 6. The first-order chi connectivity index (χ1) is 26.2. The highest BCUT2D eigenvalue weighted by Crippen LogP contribution is 2.40. The van der Waals surface area contributed by atoms with Crippen LogP contribution in [0.3, 0.4) is 0 Å². The summed E-state index contributed by atoms with van der Waals surface area (Å²) in [4.78, 5) is 32.8. The van der Waals surface area contributed by atoms with Crippen molar-refractivity contribution in [2.75, 3.05) is 0 Å². The summed E-state index contributed by atoms with van der Waals surface area (Å²) in [7, 11) is 0. The number of nitrogens with one attached hydrogen (secondary N) is 1. The van der Waals surface area contributed by atoms with Gasteiger partial charge in [0.1, 0.15) is 0 Å². The maximum absolute atomic E-state index is 14.3. The first kappa shape index (κ1) is 29.4. The number of nitrogens with zero attached hydrogens (tertiary/aromatic N) is 5. The van der Waals surface area contributed by atoms with E-state index in [0.717, 1.165) is 76.7 Å². The molecule has 4 aromatic heterocycles. The summed E-state index contributed by atoms with van der Waals surface area (Å²) in [6, 6.07) is 55.4. The lowest BCUT2D eigenvalue weighted by Gasteiger charge is -2.12. The van der Waals surface area contributed by atoms with E-state index in [-0.39, 0.29) is 5.56 Å². The molecule has 4 heterocycles. The molecule has 11 rings (SSSR count). The zero-order valence-corrected chi connectivity index (χ0v) is 28.2. The molecule has 0 amide bonds. The van der Waals surface area contributed by atoms with Crippen molar-refractivity contribution < 1.29 is 0 Å². The van der Waals surface area contributed by atoms with Gasteiger partial charge >= 0.3 is 0 Å². The van der Waals surface area contributed by atoms with Gasteiger partial charge in [-0.2, -0.15) is 9.97 Å². The van der Waals surface area contributed by atoms with Crippen molar-refractivity contribution in [2.24, 2.45) is 0 Å². The fraction of sp³-hybridized carbons (Fsp3) is 0. The summed E-state index contributed by atoms with van der Waals surface area (Å²) in [5.41, 5.74) is 7.36. The Hall–Kier alpha value is -7.38. The van der Waals surface area contributed by atoms with Crippen LogP contribution in [-0.2, 0) is 0 Å². The summed E-state index contributed by atoms with van der Waals surface area (Å²) in [6.45, 7) is 0. The Kier molecular flexibility index (Phi) is 6.27. The van der Waals surface area contributed by atoms with Crippen LogP contribution in [0.2, 0.25) is 0 Å². The van der Waals surface area contributed by atoms with Crippen LogP contribution in [0.25, 0.3) is 99.7 Å². The summed E-state index contributed by atoms with van der Waals surface area (Å²) in [5, 5.41) is 6.59. The number of hydrogen-bond acceptors (Lipinski definition) is 4. The number of H-pyrrole nitrogens is 1. The van der Waals surface area contributed by atoms with Gasteiger partial charge in [-0.15, -0.1) is 0 Å². The van der Waals surface area contributed by atoms with Crippen molar-refractivity contribution in [3.63, 3.8) is 0 Å². The topological polar surface area (TPSA) is 81.4 Å². The predicted molar refractivity (Wildman–Crippen MR) is 215 cm³/mol. The number of para-hydroxylation sites is 3. The van der Waals surface area contributed by atoms with E-state index in [1.165, 1.54) is 0 Å². The van der Waals surface area contributed by atoms with Crippen LogP contribution in [0.15, 0.2) is 169 Å². The Morgan fingerprint density at radius 3 is 1.62 bits per heavy atom. The average Bonchev–Trinajstić information content (AvgIpc) is 3.74. The first-order valence-electron chi connectivity index (χ1n) is 17.6. The van der Waals surface area contributed by atoms with E-state index >= 15 is 0 Å². The molecule has 248 valence electrons. The summed E-state index contributed by atoms with van der Waals surface area (Å²) in [5.74, 6) is 1.67. The SMILES string of the molecule is O=c1[nH]c2c(ccc3c4ccccc4n(-c4ccccc4)c32)c2cc3c(cc12)c1ccccc1n3-c1nc(-c2ccccc2)nc(-c2ccccc2)n1. The Bertz CT molecular complexity index is 3230. The fourth-order valence-electron chi connectivity index (χ4n) is 7.97. The van der Waals surface area contributed by atoms with Gasteiger partial charge in [-0.05, 0) is 41.8 Å². The molecule has 53 heavy (non-hydrogen) atoms. The van der Waals surface area contributed by atoms with Crippen LogP contribution in [0, 0.1) is 0 Å². The van der Waals surface area contributed by atoms with Crippen LogP contribution in [0.4, 0.5) is 0 Å². The largest absolute Gasteiger partial charge is 0.320 e. The molecule has 7 nitrogen and oxygen atoms in total. The van der Waals surface area contributed by atoms with Gasteiger partial charge in [-0.3, -0.25) is 9.36 Å². The molecule has 1 N–H and O–H groups in total. The monoisotopic (exact) mass is 680 g/mol. The number of pyridine rings is 1. The van der Waals surface area contributed by atoms with Gasteiger partial charge in [0.25, 0.3) is 5.56 Å². The van der Waals surface area contributed by atoms with Gasteiger partial charge in [0.05, 0.1) is 27.6 Å². The number of benzene rings is 7. The van der Waals surface area contributed by atoms with Crippen molar-refractivity contribution >= 4 is 65.3 Å². The van der Waals surface area contributed by atoms with Crippen LogP contribution in [-0.4, -0.2) is 29.1 Å². The van der Waals surface area contributed by atoms with E-state index in [2.05, 4.69) is 80.8 Å². The molecule has 0 aliphatic rings. The van der Waals surface area contributed by atoms with Crippen molar-refractivity contribution in [1.82, 2.24) is 29.1 Å². The molecule has 0 fully saturated rings. The molecule has 0 bridgehead atoms. The van der Waals surface area contributed by atoms with Crippen molar-refractivity contribution in [3.8, 4) is 34.4 Å². The van der Waals surface area contributed by atoms with Crippen molar-refractivity contribution in [1.29, 1.82) is 0 Å². The standard InChI is InChI=1S/C46H28N6O/c53-45-37-26-36-32-21-11-13-23-39(32)52(46-49-43(28-14-4-1-5-15-28)48-44(50-46)29-16-6-2-7-17-29)40(36)27-35(37)33-24-25-34-31-20-10-12-22-38(31)51(42(34)41(33)47-45)30-18-8-3-9-19-30/h1-27H,(H,47,53). The zero-order chi connectivity index (χ0) is 35.0. The number of hydrogen-bond donors (Lipinski definition) is 1. The quantitative estimate of drug-likeness (QED) is 0.188. The van der Waals surface area contributed by atoms with Gasteiger partial charge in [-0.25, -0.2) is 4.98 Å². The molecular formula is C46H28N6O. The van der Waals surface area contributed by atoms with Crippen molar-refractivity contribution in [2.45, 2.75) is 0 Å². The average molecular weight is 681 g/mol. The molecule has 0 saturated heterocycles. The number of rotatable bonds is 4. The minimum atomic E-state index is -0.138. The Balaban J connectivity index is 1.26. The second-order valence-electron chi connectivity index (χ2n) is 13.3. The molecule has 11 aromatic rings. The van der Waals surface area contributed by atoms with E-state index in [1.54, 1.807) is 0 Å². The molecular weight excluding hydrogens is 653 g/mol. The minimum absolute atomic E-state index is 0.138. The molecule has 0 aliphatic carbocycles. The molecule has 0 spiro atoms. The normalized spacial score (nSPS) is 11.8. The second kappa shape index (κ2) is 11.3. The van der Waals surface area contributed by atoms with Gasteiger partial charge < -0.3 is 9.55 Å². The first-order valence-corrected chi connectivity index (χ1v) is 17.6. The van der Waals surface area contributed by atoms with Crippen LogP contribution >= 0.6 is 0 Å². The molecule has 0 radical (unpaired) electrons. The summed E-state index contributed by atoms with van der Waals surface area (Å²) in [6.07, 6.45) is 0. The predicted octanol–water partition coefficient (Wildman–Crippen LogP) is 10.4. The highest BCUT2D eigenvalue weighted by molar-refractivity contribution is 6.23. The minimum Gasteiger partial charge on any atom is -0.320 e. The molecule has 0 aliphatic heterocycles. The number of fused-ring (bicyclic) bond motifs is 10. The van der Waals surface area contributed by atoms with E-state index in [0.29, 0.717) is 23.0 Å². The van der Waals surface area contributed by atoms with Gasteiger partial charge in [0.15, 0.2) is 11.6 Å². The van der Waals surface area contributed by atoms with E-state index in [9.17, 15) is 4.79 Å². The molecule has 7 heteroatoms. The lowest BCUT2D eigenvalue weighted by Crippen LogP contribution is -2.08. The lowest BCUT2D eigenvalue weighted by molar-refractivity contribution is 0.954. The highest BCUT2D eigenvalue weighted by Gasteiger charge is 2.21. The van der Waals surface area contributed by atoms with E-state index < -0.39 is 0 Å². The molecule has 0 unspecified atom stereocenters. The highest BCUT2D eigenvalue weighted by atomic mass is 16.1. The second-order valence-corrected chi connectivity index (χ2v) is 13.3. The molecule has 0 atom stereocenters. The third kappa shape index (κ3) is 4.41. The Morgan fingerprint density at radius 1 is 0.415 bits per heavy atom. The lowest BCUT2D eigenvalue weighted by atomic mass is 10.0. The van der Waals surface area contributed by atoms with E-state index in [1.807, 2.05) is 97.1 Å². The van der Waals surface area contributed by atoms with Crippen LogP contribution in [0.1, 0.15) is 0 Å². The maximum atomic E-state index is 14.3. The van der Waals surface area contributed by atoms with Gasteiger partial charge in [0, 0.05) is 49.1 Å². The zero-order valence-electron chi connectivity index (χ0n) is 28.2. The van der Waals surface area contributed by atoms with Gasteiger partial charge in [-0.1, -0.05) is 127 Å². The molecule has 0 saturated carbocycles. The van der Waals surface area contributed by atoms with Crippen molar-refractivity contribution in [3.05, 3.63) is 174 Å². The Labute approximate surface area is 302 Å². The smallest absolute Gasteiger partial charge is 0.256 e. The van der Waals surface area contributed by atoms with Crippen LogP contribution in [0.5, 0.6) is 0 Å². The van der Waals surface area contributed by atoms with Gasteiger partial charge in [0.2, 0.25) is 5.95 Å². The number of aromatic amines is 1.